The lowest BCUT2D eigenvalue weighted by atomic mass is 9.96. The summed E-state index contributed by atoms with van der Waals surface area (Å²) < 4.78 is 10.4. The van der Waals surface area contributed by atoms with Crippen molar-refractivity contribution in [3.63, 3.8) is 0 Å². The Bertz CT molecular complexity index is 551. The Morgan fingerprint density at radius 1 is 1.32 bits per heavy atom. The first kappa shape index (κ1) is 14.0. The molecule has 19 heavy (non-hydrogen) atoms. The highest BCUT2D eigenvalue weighted by atomic mass is 35.5. The number of ether oxygens (including phenoxy) is 1. The van der Waals surface area contributed by atoms with Crippen molar-refractivity contribution in [1.82, 2.24) is 5.32 Å². The zero-order valence-corrected chi connectivity index (χ0v) is 12.1. The molecule has 102 valence electrons. The molecule has 0 bridgehead atoms. The summed E-state index contributed by atoms with van der Waals surface area (Å²) in [5.74, 6) is 0.856. The summed E-state index contributed by atoms with van der Waals surface area (Å²) in [4.78, 5) is 0. The van der Waals surface area contributed by atoms with Crippen molar-refractivity contribution in [3.8, 4) is 5.75 Å². The van der Waals surface area contributed by atoms with Gasteiger partial charge in [-0.1, -0.05) is 13.0 Å². The van der Waals surface area contributed by atoms with Gasteiger partial charge in [-0.3, -0.25) is 0 Å². The first-order valence-electron chi connectivity index (χ1n) is 6.28. The molecular formula is C15H18ClNO2. The van der Waals surface area contributed by atoms with Crippen LogP contribution >= 0.6 is 11.6 Å². The van der Waals surface area contributed by atoms with E-state index in [9.17, 15) is 0 Å². The van der Waals surface area contributed by atoms with E-state index in [0.717, 1.165) is 23.4 Å². The fourth-order valence-corrected chi connectivity index (χ4v) is 2.42. The van der Waals surface area contributed by atoms with E-state index >= 15 is 0 Å². The second-order valence-electron chi connectivity index (χ2n) is 4.36. The SMILES string of the molecule is CCNC(c1ccc(OC)cc1C)c1ccoc1Cl. The molecule has 1 aromatic heterocycles. The number of nitrogens with one attached hydrogen (secondary N) is 1. The van der Waals surface area contributed by atoms with Crippen molar-refractivity contribution in [3.05, 3.63) is 52.4 Å². The number of halogens is 1. The van der Waals surface area contributed by atoms with Crippen LogP contribution in [-0.2, 0) is 0 Å². The van der Waals surface area contributed by atoms with Gasteiger partial charge in [-0.05, 0) is 54.4 Å². The van der Waals surface area contributed by atoms with E-state index in [4.69, 9.17) is 20.8 Å². The smallest absolute Gasteiger partial charge is 0.198 e. The third-order valence-corrected chi connectivity index (χ3v) is 3.46. The zero-order chi connectivity index (χ0) is 13.8. The molecule has 0 fully saturated rings. The largest absolute Gasteiger partial charge is 0.497 e. The molecule has 0 aliphatic heterocycles. The molecule has 0 amide bonds. The van der Waals surface area contributed by atoms with Crippen LogP contribution < -0.4 is 10.1 Å². The van der Waals surface area contributed by atoms with Crippen LogP contribution in [0.25, 0.3) is 0 Å². The number of benzene rings is 1. The van der Waals surface area contributed by atoms with E-state index in [-0.39, 0.29) is 6.04 Å². The van der Waals surface area contributed by atoms with Crippen LogP contribution in [0.5, 0.6) is 5.75 Å². The van der Waals surface area contributed by atoms with Crippen molar-refractivity contribution < 1.29 is 9.15 Å². The van der Waals surface area contributed by atoms with Crippen molar-refractivity contribution in [2.24, 2.45) is 0 Å². The van der Waals surface area contributed by atoms with E-state index in [1.54, 1.807) is 13.4 Å². The quantitative estimate of drug-likeness (QED) is 0.900. The van der Waals surface area contributed by atoms with Crippen LogP contribution in [0, 0.1) is 6.92 Å². The maximum absolute atomic E-state index is 6.10. The first-order valence-corrected chi connectivity index (χ1v) is 6.66. The number of hydrogen-bond acceptors (Lipinski definition) is 3. The van der Waals surface area contributed by atoms with Crippen LogP contribution in [0.3, 0.4) is 0 Å². The van der Waals surface area contributed by atoms with Gasteiger partial charge in [-0.15, -0.1) is 0 Å². The van der Waals surface area contributed by atoms with Gasteiger partial charge in [0.2, 0.25) is 0 Å². The predicted octanol–water partition coefficient (Wildman–Crippen LogP) is 3.95. The molecular weight excluding hydrogens is 262 g/mol. The van der Waals surface area contributed by atoms with Gasteiger partial charge in [0.25, 0.3) is 0 Å². The van der Waals surface area contributed by atoms with Crippen LogP contribution in [0.2, 0.25) is 5.22 Å². The maximum atomic E-state index is 6.10. The highest BCUT2D eigenvalue weighted by molar-refractivity contribution is 6.29. The summed E-state index contributed by atoms with van der Waals surface area (Å²) in [5, 5.41) is 3.87. The first-order chi connectivity index (χ1) is 9.17. The van der Waals surface area contributed by atoms with Gasteiger partial charge in [-0.2, -0.15) is 0 Å². The normalized spacial score (nSPS) is 12.4. The molecule has 1 unspecified atom stereocenters. The van der Waals surface area contributed by atoms with E-state index in [2.05, 4.69) is 25.2 Å². The molecule has 0 saturated heterocycles. The molecule has 1 heterocycles. The van der Waals surface area contributed by atoms with Crippen molar-refractivity contribution >= 4 is 11.6 Å². The maximum Gasteiger partial charge on any atom is 0.198 e. The van der Waals surface area contributed by atoms with Crippen LogP contribution in [-0.4, -0.2) is 13.7 Å². The second kappa shape index (κ2) is 6.13. The third-order valence-electron chi connectivity index (χ3n) is 3.15. The van der Waals surface area contributed by atoms with E-state index in [1.807, 2.05) is 18.2 Å². The summed E-state index contributed by atoms with van der Waals surface area (Å²) in [7, 11) is 1.67. The molecule has 1 aromatic carbocycles. The number of hydrogen-bond donors (Lipinski definition) is 1. The standard InChI is InChI=1S/C15H18ClNO2/c1-4-17-14(13-7-8-19-15(13)16)12-6-5-11(18-3)9-10(12)2/h5-9,14,17H,4H2,1-3H3. The Morgan fingerprint density at radius 3 is 2.63 bits per heavy atom. The molecule has 2 aromatic rings. The fourth-order valence-electron chi connectivity index (χ4n) is 2.20. The minimum Gasteiger partial charge on any atom is -0.497 e. The second-order valence-corrected chi connectivity index (χ2v) is 4.71. The molecule has 3 nitrogen and oxygen atoms in total. The molecule has 1 N–H and O–H groups in total. The molecule has 0 aliphatic rings. The average molecular weight is 280 g/mol. The van der Waals surface area contributed by atoms with Gasteiger partial charge in [0.15, 0.2) is 5.22 Å². The topological polar surface area (TPSA) is 34.4 Å². The minimum absolute atomic E-state index is 0.0298. The predicted molar refractivity (Wildman–Crippen MR) is 77.0 cm³/mol. The Hall–Kier alpha value is -1.45. The number of furan rings is 1. The third kappa shape index (κ3) is 2.94. The van der Waals surface area contributed by atoms with Crippen molar-refractivity contribution in [2.45, 2.75) is 19.9 Å². The Balaban J connectivity index is 2.42. The van der Waals surface area contributed by atoms with Gasteiger partial charge in [0.1, 0.15) is 5.75 Å². The van der Waals surface area contributed by atoms with Crippen molar-refractivity contribution in [2.75, 3.05) is 13.7 Å². The van der Waals surface area contributed by atoms with Gasteiger partial charge in [0.05, 0.1) is 19.4 Å². The number of aryl methyl sites for hydroxylation is 1. The Morgan fingerprint density at radius 2 is 2.11 bits per heavy atom. The highest BCUT2D eigenvalue weighted by Crippen LogP contribution is 2.32. The van der Waals surface area contributed by atoms with E-state index < -0.39 is 0 Å². The highest BCUT2D eigenvalue weighted by Gasteiger charge is 2.20. The molecule has 2 rings (SSSR count). The lowest BCUT2D eigenvalue weighted by molar-refractivity contribution is 0.414. The summed E-state index contributed by atoms with van der Waals surface area (Å²) in [6, 6.07) is 7.97. The Labute approximate surface area is 118 Å². The number of rotatable bonds is 5. The number of methoxy groups -OCH3 is 1. The molecule has 4 heteroatoms. The van der Waals surface area contributed by atoms with Gasteiger partial charge >= 0.3 is 0 Å². The summed E-state index contributed by atoms with van der Waals surface area (Å²) in [6.07, 6.45) is 1.61. The van der Waals surface area contributed by atoms with Crippen LogP contribution in [0.4, 0.5) is 0 Å². The molecule has 0 radical (unpaired) electrons. The van der Waals surface area contributed by atoms with Gasteiger partial charge in [-0.25, -0.2) is 0 Å². The zero-order valence-electron chi connectivity index (χ0n) is 11.4. The Kier molecular flexibility index (Phi) is 4.51. The lowest BCUT2D eigenvalue weighted by Crippen LogP contribution is -2.22. The molecule has 0 saturated carbocycles. The van der Waals surface area contributed by atoms with Crippen LogP contribution in [0.1, 0.15) is 29.7 Å². The average Bonchev–Trinajstić information content (AvgIpc) is 2.82. The van der Waals surface area contributed by atoms with E-state index in [1.165, 1.54) is 5.56 Å². The van der Waals surface area contributed by atoms with Crippen LogP contribution in [0.15, 0.2) is 34.9 Å². The van der Waals surface area contributed by atoms with Crippen molar-refractivity contribution in [1.29, 1.82) is 0 Å². The fraction of sp³-hybridized carbons (Fsp3) is 0.333. The van der Waals surface area contributed by atoms with Gasteiger partial charge < -0.3 is 14.5 Å². The van der Waals surface area contributed by atoms with E-state index in [0.29, 0.717) is 5.22 Å². The summed E-state index contributed by atoms with van der Waals surface area (Å²) in [5.41, 5.74) is 3.28. The minimum atomic E-state index is 0.0298. The molecule has 1 atom stereocenters. The molecule has 0 spiro atoms. The lowest BCUT2D eigenvalue weighted by Gasteiger charge is -2.20. The molecule has 0 aliphatic carbocycles. The summed E-state index contributed by atoms with van der Waals surface area (Å²) >= 11 is 6.10. The van der Waals surface area contributed by atoms with Gasteiger partial charge in [0, 0.05) is 5.56 Å². The summed E-state index contributed by atoms with van der Waals surface area (Å²) in [6.45, 7) is 4.98. The monoisotopic (exact) mass is 279 g/mol.